The maximum atomic E-state index is 9.74. The van der Waals surface area contributed by atoms with Gasteiger partial charge >= 0.3 is 6.16 Å². The fourth-order valence-electron chi connectivity index (χ4n) is 0.309. The molecule has 3 nitrogen and oxygen atoms in total. The molecule has 4 heteroatoms. The lowest BCUT2D eigenvalue weighted by Crippen LogP contribution is -2.04. The molecule has 0 saturated carbocycles. The van der Waals surface area contributed by atoms with Crippen LogP contribution in [0.5, 0.6) is 0 Å². The van der Waals surface area contributed by atoms with E-state index in [1.54, 1.807) is 0 Å². The number of hydrogen-bond acceptors (Lipinski definition) is 2. The van der Waals surface area contributed by atoms with Crippen LogP contribution in [0.25, 0.3) is 0 Å². The highest BCUT2D eigenvalue weighted by molar-refractivity contribution is 9.09. The largest absolute Gasteiger partial charge is 0.505 e. The van der Waals surface area contributed by atoms with Crippen LogP contribution in [0.2, 0.25) is 0 Å². The molecule has 54 valence electrons. The third-order valence-corrected chi connectivity index (χ3v) is 1.20. The minimum atomic E-state index is -1.21. The van der Waals surface area contributed by atoms with Gasteiger partial charge in [0.25, 0.3) is 0 Å². The molecule has 0 spiro atoms. The number of hydrogen-bond donors (Lipinski definition) is 1. The molecule has 0 amide bonds. The fourth-order valence-corrected chi connectivity index (χ4v) is 0.496. The van der Waals surface area contributed by atoms with Crippen LogP contribution < -0.4 is 0 Å². The van der Waals surface area contributed by atoms with Crippen molar-refractivity contribution in [1.82, 2.24) is 0 Å². The van der Waals surface area contributed by atoms with Gasteiger partial charge in [0.05, 0.1) is 6.61 Å². The zero-order chi connectivity index (χ0) is 7.28. The van der Waals surface area contributed by atoms with Gasteiger partial charge in [-0.3, -0.25) is 0 Å². The minimum absolute atomic E-state index is 0.266. The van der Waals surface area contributed by atoms with Crippen LogP contribution in [0, 0.1) is 0 Å². The Kier molecular flexibility index (Phi) is 4.48. The van der Waals surface area contributed by atoms with Crippen LogP contribution in [0.15, 0.2) is 0 Å². The minimum Gasteiger partial charge on any atom is -0.450 e. The maximum absolute atomic E-state index is 9.74. The van der Waals surface area contributed by atoms with E-state index >= 15 is 0 Å². The first-order valence-corrected chi connectivity index (χ1v) is 3.54. The molecule has 0 heterocycles. The van der Waals surface area contributed by atoms with E-state index in [4.69, 9.17) is 5.11 Å². The molecular weight excluding hydrogens is 188 g/mol. The number of ether oxygens (including phenoxy) is 1. The van der Waals surface area contributed by atoms with Crippen LogP contribution in [0.1, 0.15) is 13.3 Å². The topological polar surface area (TPSA) is 46.5 Å². The average molecular weight is 197 g/mol. The number of carbonyl (C=O) groups is 1. The van der Waals surface area contributed by atoms with Gasteiger partial charge in [-0.2, -0.15) is 0 Å². The first kappa shape index (κ1) is 8.75. The van der Waals surface area contributed by atoms with Crippen LogP contribution in [-0.4, -0.2) is 22.7 Å². The fraction of sp³-hybridized carbons (Fsp3) is 0.800. The summed E-state index contributed by atoms with van der Waals surface area (Å²) in [4.78, 5) is 10.1. The SMILES string of the molecule is CC(Br)CCOC(=O)O. The van der Waals surface area contributed by atoms with Gasteiger partial charge in [-0.25, -0.2) is 4.79 Å². The van der Waals surface area contributed by atoms with Crippen molar-refractivity contribution in [2.24, 2.45) is 0 Å². The summed E-state index contributed by atoms with van der Waals surface area (Å²) in [6.07, 6.45) is -0.491. The van der Waals surface area contributed by atoms with E-state index in [0.29, 0.717) is 11.2 Å². The van der Waals surface area contributed by atoms with E-state index in [-0.39, 0.29) is 6.61 Å². The summed E-state index contributed by atoms with van der Waals surface area (Å²) in [5.41, 5.74) is 0. The van der Waals surface area contributed by atoms with Gasteiger partial charge in [0, 0.05) is 4.83 Å². The maximum Gasteiger partial charge on any atom is 0.505 e. The monoisotopic (exact) mass is 196 g/mol. The summed E-state index contributed by atoms with van der Waals surface area (Å²) in [5.74, 6) is 0. The molecule has 0 aromatic heterocycles. The summed E-state index contributed by atoms with van der Waals surface area (Å²) in [5, 5.41) is 7.99. The average Bonchev–Trinajstić information content (AvgIpc) is 1.63. The van der Waals surface area contributed by atoms with Crippen LogP contribution in [0.4, 0.5) is 4.79 Å². The third kappa shape index (κ3) is 7.75. The zero-order valence-corrected chi connectivity index (χ0v) is 6.72. The predicted molar refractivity (Wildman–Crippen MR) is 37.0 cm³/mol. The van der Waals surface area contributed by atoms with E-state index in [1.165, 1.54) is 0 Å². The van der Waals surface area contributed by atoms with Crippen LogP contribution in [-0.2, 0) is 4.74 Å². The Morgan fingerprint density at radius 2 is 2.44 bits per heavy atom. The predicted octanol–water partition coefficient (Wildman–Crippen LogP) is 1.85. The third-order valence-electron chi connectivity index (χ3n) is 0.741. The quantitative estimate of drug-likeness (QED) is 0.554. The molecule has 0 aliphatic rings. The summed E-state index contributed by atoms with van der Waals surface area (Å²) >= 11 is 3.25. The number of alkyl halides is 1. The molecular formula is C5H9BrO3. The Balaban J connectivity index is 3.01. The lowest BCUT2D eigenvalue weighted by Gasteiger charge is -2.00. The summed E-state index contributed by atoms with van der Waals surface area (Å²) in [7, 11) is 0. The second kappa shape index (κ2) is 4.61. The molecule has 1 unspecified atom stereocenters. The van der Waals surface area contributed by atoms with Crippen molar-refractivity contribution in [1.29, 1.82) is 0 Å². The van der Waals surface area contributed by atoms with Gasteiger partial charge in [-0.15, -0.1) is 0 Å². The molecule has 0 fully saturated rings. The van der Waals surface area contributed by atoms with Crippen molar-refractivity contribution in [3.8, 4) is 0 Å². The zero-order valence-electron chi connectivity index (χ0n) is 5.13. The Labute approximate surface area is 62.1 Å². The van der Waals surface area contributed by atoms with Crippen LogP contribution >= 0.6 is 15.9 Å². The van der Waals surface area contributed by atoms with E-state index < -0.39 is 6.16 Å². The summed E-state index contributed by atoms with van der Waals surface area (Å²) in [6, 6.07) is 0. The van der Waals surface area contributed by atoms with Crippen molar-refractivity contribution in [3.63, 3.8) is 0 Å². The molecule has 0 aromatic carbocycles. The molecule has 0 radical (unpaired) electrons. The lowest BCUT2D eigenvalue weighted by molar-refractivity contribution is 0.0909. The summed E-state index contributed by atoms with van der Waals surface area (Å²) in [6.45, 7) is 2.20. The second-order valence-electron chi connectivity index (χ2n) is 1.68. The molecule has 0 rings (SSSR count). The Morgan fingerprint density at radius 1 is 1.89 bits per heavy atom. The van der Waals surface area contributed by atoms with Gasteiger partial charge in [-0.1, -0.05) is 22.9 Å². The van der Waals surface area contributed by atoms with Gasteiger partial charge in [0.1, 0.15) is 0 Å². The van der Waals surface area contributed by atoms with E-state index in [2.05, 4.69) is 20.7 Å². The molecule has 1 N–H and O–H groups in total. The number of halogens is 1. The first-order chi connectivity index (χ1) is 4.13. The molecule has 0 saturated heterocycles. The van der Waals surface area contributed by atoms with E-state index in [9.17, 15) is 4.79 Å². The van der Waals surface area contributed by atoms with Crippen LogP contribution in [0.3, 0.4) is 0 Å². The van der Waals surface area contributed by atoms with Crippen molar-refractivity contribution in [2.45, 2.75) is 18.2 Å². The van der Waals surface area contributed by atoms with E-state index in [1.807, 2.05) is 6.92 Å². The molecule has 0 bridgehead atoms. The molecule has 0 aliphatic carbocycles. The van der Waals surface area contributed by atoms with Gasteiger partial charge in [0.15, 0.2) is 0 Å². The van der Waals surface area contributed by atoms with Gasteiger partial charge < -0.3 is 9.84 Å². The second-order valence-corrected chi connectivity index (χ2v) is 3.25. The highest BCUT2D eigenvalue weighted by Crippen LogP contribution is 2.02. The normalized spacial score (nSPS) is 12.7. The van der Waals surface area contributed by atoms with Crippen molar-refractivity contribution in [2.75, 3.05) is 6.61 Å². The van der Waals surface area contributed by atoms with Crippen molar-refractivity contribution < 1.29 is 14.6 Å². The highest BCUT2D eigenvalue weighted by Gasteiger charge is 1.98. The van der Waals surface area contributed by atoms with Crippen molar-refractivity contribution in [3.05, 3.63) is 0 Å². The van der Waals surface area contributed by atoms with E-state index in [0.717, 1.165) is 0 Å². The highest BCUT2D eigenvalue weighted by atomic mass is 79.9. The number of carboxylic acid groups (broad SMARTS) is 1. The molecule has 1 atom stereocenters. The smallest absolute Gasteiger partial charge is 0.450 e. The Hall–Kier alpha value is -0.250. The van der Waals surface area contributed by atoms with Gasteiger partial charge in [0.2, 0.25) is 0 Å². The molecule has 9 heavy (non-hydrogen) atoms. The van der Waals surface area contributed by atoms with Gasteiger partial charge in [-0.05, 0) is 6.42 Å². The lowest BCUT2D eigenvalue weighted by atomic mass is 10.4. The Morgan fingerprint density at radius 3 is 2.78 bits per heavy atom. The number of rotatable bonds is 3. The van der Waals surface area contributed by atoms with Crippen molar-refractivity contribution >= 4 is 22.1 Å². The Bertz CT molecular complexity index is 92.2. The summed E-state index contributed by atoms with van der Waals surface area (Å²) < 4.78 is 4.24. The standard InChI is InChI=1S/C5H9BrO3/c1-4(6)2-3-9-5(7)8/h4H,2-3H2,1H3,(H,7,8). The molecule has 0 aliphatic heterocycles. The first-order valence-electron chi connectivity index (χ1n) is 2.62. The molecule has 0 aromatic rings.